The van der Waals surface area contributed by atoms with Crippen LogP contribution in [-0.2, 0) is 4.79 Å². The standard InChI is InChI=1S/C29H42N2O2/c1-5-11-25(12-6-2)29(32)31(26-15-8-7-9-16-26)27-17-19-30(20-18-27)21-22-33-28-23(3)13-10-14-24(28)4/h7-10,13-16,25,27H,5-6,11-12,17-22H2,1-4H3. The molecular weight excluding hydrogens is 408 g/mol. The molecule has 2 aromatic carbocycles. The zero-order chi connectivity index (χ0) is 23.6. The number of para-hydroxylation sites is 2. The van der Waals surface area contributed by atoms with E-state index < -0.39 is 0 Å². The van der Waals surface area contributed by atoms with Gasteiger partial charge in [0, 0.05) is 37.3 Å². The Hall–Kier alpha value is -2.33. The first-order valence-corrected chi connectivity index (χ1v) is 12.8. The number of benzene rings is 2. The summed E-state index contributed by atoms with van der Waals surface area (Å²) in [5.41, 5.74) is 3.44. The van der Waals surface area contributed by atoms with Gasteiger partial charge in [-0.15, -0.1) is 0 Å². The number of aryl methyl sites for hydroxylation is 2. The first kappa shape index (κ1) is 25.3. The van der Waals surface area contributed by atoms with Crippen LogP contribution in [0.4, 0.5) is 5.69 Å². The molecule has 0 spiro atoms. The fourth-order valence-electron chi connectivity index (χ4n) is 5.10. The van der Waals surface area contributed by atoms with Gasteiger partial charge in [0.15, 0.2) is 0 Å². The maximum absolute atomic E-state index is 13.7. The molecule has 0 atom stereocenters. The van der Waals surface area contributed by atoms with Gasteiger partial charge in [-0.05, 0) is 62.8 Å². The van der Waals surface area contributed by atoms with E-state index in [0.29, 0.717) is 12.5 Å². The molecule has 0 aromatic heterocycles. The number of hydrogen-bond acceptors (Lipinski definition) is 3. The Bertz CT molecular complexity index is 833. The molecule has 0 N–H and O–H groups in total. The normalized spacial score (nSPS) is 15.1. The quantitative estimate of drug-likeness (QED) is 0.397. The SMILES string of the molecule is CCCC(CCC)C(=O)N(c1ccccc1)C1CCN(CCOc2c(C)cccc2C)CC1. The molecule has 1 amide bonds. The predicted molar refractivity (Wildman–Crippen MR) is 138 cm³/mol. The molecule has 1 saturated heterocycles. The number of carbonyl (C=O) groups excluding carboxylic acids is 1. The monoisotopic (exact) mass is 450 g/mol. The van der Waals surface area contributed by atoms with Crippen LogP contribution in [0.5, 0.6) is 5.75 Å². The first-order valence-electron chi connectivity index (χ1n) is 12.8. The lowest BCUT2D eigenvalue weighted by atomic mass is 9.93. The molecule has 1 aliphatic heterocycles. The van der Waals surface area contributed by atoms with Crippen molar-refractivity contribution < 1.29 is 9.53 Å². The zero-order valence-electron chi connectivity index (χ0n) is 21.1. The van der Waals surface area contributed by atoms with Crippen molar-refractivity contribution in [3.05, 3.63) is 59.7 Å². The third-order valence-electron chi connectivity index (χ3n) is 6.88. The van der Waals surface area contributed by atoms with E-state index in [1.165, 1.54) is 11.1 Å². The first-order chi connectivity index (χ1) is 16.0. The fourth-order valence-corrected chi connectivity index (χ4v) is 5.10. The number of hydrogen-bond donors (Lipinski definition) is 0. The van der Waals surface area contributed by atoms with Crippen molar-refractivity contribution in [3.63, 3.8) is 0 Å². The molecular formula is C29H42N2O2. The summed E-state index contributed by atoms with van der Waals surface area (Å²) in [5.74, 6) is 1.47. The number of rotatable bonds is 11. The van der Waals surface area contributed by atoms with Gasteiger partial charge in [-0.1, -0.05) is 63.1 Å². The van der Waals surface area contributed by atoms with Gasteiger partial charge in [-0.3, -0.25) is 9.69 Å². The smallest absolute Gasteiger partial charge is 0.230 e. The number of likely N-dealkylation sites (tertiary alicyclic amines) is 1. The van der Waals surface area contributed by atoms with Gasteiger partial charge in [0.1, 0.15) is 12.4 Å². The second-order valence-corrected chi connectivity index (χ2v) is 9.46. The summed E-state index contributed by atoms with van der Waals surface area (Å²) in [6, 6.07) is 16.9. The maximum Gasteiger partial charge on any atom is 0.230 e. The summed E-state index contributed by atoms with van der Waals surface area (Å²) in [6.07, 6.45) is 6.08. The molecule has 0 saturated carbocycles. The third-order valence-corrected chi connectivity index (χ3v) is 6.88. The molecule has 0 radical (unpaired) electrons. The van der Waals surface area contributed by atoms with E-state index in [1.54, 1.807) is 0 Å². The molecule has 0 unspecified atom stereocenters. The van der Waals surface area contributed by atoms with Gasteiger partial charge in [0.2, 0.25) is 5.91 Å². The number of anilines is 1. The lowest BCUT2D eigenvalue weighted by Gasteiger charge is -2.40. The molecule has 1 heterocycles. The summed E-state index contributed by atoms with van der Waals surface area (Å²) >= 11 is 0. The van der Waals surface area contributed by atoms with Crippen LogP contribution in [0.2, 0.25) is 0 Å². The highest BCUT2D eigenvalue weighted by molar-refractivity contribution is 5.95. The van der Waals surface area contributed by atoms with E-state index >= 15 is 0 Å². The second kappa shape index (κ2) is 12.8. The van der Waals surface area contributed by atoms with Crippen molar-refractivity contribution in [1.82, 2.24) is 4.90 Å². The van der Waals surface area contributed by atoms with E-state index in [0.717, 1.165) is 69.6 Å². The van der Waals surface area contributed by atoms with Crippen LogP contribution in [0.3, 0.4) is 0 Å². The highest BCUT2D eigenvalue weighted by Crippen LogP contribution is 2.28. The second-order valence-electron chi connectivity index (χ2n) is 9.46. The summed E-state index contributed by atoms with van der Waals surface area (Å²) in [7, 11) is 0. The molecule has 2 aromatic rings. The highest BCUT2D eigenvalue weighted by atomic mass is 16.5. The third kappa shape index (κ3) is 6.83. The van der Waals surface area contributed by atoms with Gasteiger partial charge in [0.25, 0.3) is 0 Å². The van der Waals surface area contributed by atoms with E-state index in [-0.39, 0.29) is 12.0 Å². The molecule has 4 nitrogen and oxygen atoms in total. The largest absolute Gasteiger partial charge is 0.492 e. The molecule has 33 heavy (non-hydrogen) atoms. The molecule has 1 aliphatic rings. The highest BCUT2D eigenvalue weighted by Gasteiger charge is 2.32. The number of ether oxygens (including phenoxy) is 1. The molecule has 0 bridgehead atoms. The van der Waals surface area contributed by atoms with Crippen molar-refractivity contribution in [1.29, 1.82) is 0 Å². The van der Waals surface area contributed by atoms with Crippen LogP contribution in [0.25, 0.3) is 0 Å². The average molecular weight is 451 g/mol. The van der Waals surface area contributed by atoms with Crippen molar-refractivity contribution in [2.75, 3.05) is 31.1 Å². The minimum atomic E-state index is 0.129. The molecule has 4 heteroatoms. The molecule has 1 fully saturated rings. The predicted octanol–water partition coefficient (Wildman–Crippen LogP) is 6.40. The van der Waals surface area contributed by atoms with Crippen molar-refractivity contribution in [2.24, 2.45) is 5.92 Å². The zero-order valence-corrected chi connectivity index (χ0v) is 21.1. The average Bonchev–Trinajstić information content (AvgIpc) is 2.82. The Morgan fingerprint density at radius 3 is 2.15 bits per heavy atom. The lowest BCUT2D eigenvalue weighted by Crippen LogP contribution is -2.50. The summed E-state index contributed by atoms with van der Waals surface area (Å²) in [6.45, 7) is 12.2. The van der Waals surface area contributed by atoms with Crippen LogP contribution in [-0.4, -0.2) is 43.1 Å². The Labute approximate surface area is 200 Å². The maximum atomic E-state index is 13.7. The minimum Gasteiger partial charge on any atom is -0.492 e. The fraction of sp³-hybridized carbons (Fsp3) is 0.552. The van der Waals surface area contributed by atoms with E-state index in [4.69, 9.17) is 4.74 Å². The molecule has 3 rings (SSSR count). The Morgan fingerprint density at radius 2 is 1.58 bits per heavy atom. The topological polar surface area (TPSA) is 32.8 Å². The van der Waals surface area contributed by atoms with Gasteiger partial charge >= 0.3 is 0 Å². The molecule has 0 aliphatic carbocycles. The number of carbonyl (C=O) groups is 1. The minimum absolute atomic E-state index is 0.129. The number of piperidine rings is 1. The molecule has 180 valence electrons. The van der Waals surface area contributed by atoms with E-state index in [9.17, 15) is 4.79 Å². The van der Waals surface area contributed by atoms with Gasteiger partial charge in [0.05, 0.1) is 0 Å². The van der Waals surface area contributed by atoms with Crippen LogP contribution >= 0.6 is 0 Å². The van der Waals surface area contributed by atoms with Crippen molar-refractivity contribution in [2.45, 2.75) is 72.3 Å². The van der Waals surface area contributed by atoms with Crippen molar-refractivity contribution >= 4 is 11.6 Å². The number of nitrogens with zero attached hydrogens (tertiary/aromatic N) is 2. The summed E-state index contributed by atoms with van der Waals surface area (Å²) in [5, 5.41) is 0. The Balaban J connectivity index is 1.60. The van der Waals surface area contributed by atoms with Crippen LogP contribution < -0.4 is 9.64 Å². The van der Waals surface area contributed by atoms with E-state index in [1.807, 2.05) is 18.2 Å². The van der Waals surface area contributed by atoms with E-state index in [2.05, 4.69) is 67.8 Å². The van der Waals surface area contributed by atoms with Gasteiger partial charge in [-0.2, -0.15) is 0 Å². The van der Waals surface area contributed by atoms with Crippen LogP contribution in [0.15, 0.2) is 48.5 Å². The Kier molecular flexibility index (Phi) is 9.80. The van der Waals surface area contributed by atoms with Crippen LogP contribution in [0.1, 0.15) is 63.5 Å². The lowest BCUT2D eigenvalue weighted by molar-refractivity contribution is -0.123. The van der Waals surface area contributed by atoms with Crippen molar-refractivity contribution in [3.8, 4) is 5.75 Å². The summed E-state index contributed by atoms with van der Waals surface area (Å²) in [4.78, 5) is 18.3. The summed E-state index contributed by atoms with van der Waals surface area (Å²) < 4.78 is 6.13. The van der Waals surface area contributed by atoms with Gasteiger partial charge in [-0.25, -0.2) is 0 Å². The Morgan fingerprint density at radius 1 is 0.970 bits per heavy atom. The van der Waals surface area contributed by atoms with Crippen LogP contribution in [0, 0.1) is 19.8 Å². The van der Waals surface area contributed by atoms with Gasteiger partial charge < -0.3 is 9.64 Å². The number of amides is 1.